The van der Waals surface area contributed by atoms with Gasteiger partial charge in [-0.3, -0.25) is 19.6 Å². The highest BCUT2D eigenvalue weighted by Crippen LogP contribution is 2.13. The van der Waals surface area contributed by atoms with Crippen LogP contribution in [0.2, 0.25) is 0 Å². The summed E-state index contributed by atoms with van der Waals surface area (Å²) < 4.78 is 4.48. The SMILES string of the molecule is COC(=O)C(Cl)CNC(=O)c1cccc2nccnc12. The number of nitrogens with zero attached hydrogens (tertiary/aromatic N) is 2. The molecule has 6 nitrogen and oxygen atoms in total. The molecule has 1 amide bonds. The third-order valence-electron chi connectivity index (χ3n) is 2.64. The summed E-state index contributed by atoms with van der Waals surface area (Å²) in [5.41, 5.74) is 1.50. The Morgan fingerprint density at radius 1 is 1.35 bits per heavy atom. The molecule has 0 radical (unpaired) electrons. The van der Waals surface area contributed by atoms with Crippen LogP contribution >= 0.6 is 11.6 Å². The van der Waals surface area contributed by atoms with Crippen LogP contribution in [0.4, 0.5) is 0 Å². The second kappa shape index (κ2) is 6.29. The molecular weight excluding hydrogens is 282 g/mol. The molecule has 104 valence electrons. The molecule has 0 bridgehead atoms. The fourth-order valence-corrected chi connectivity index (χ4v) is 1.83. The lowest BCUT2D eigenvalue weighted by molar-refractivity contribution is -0.140. The molecule has 0 fully saturated rings. The number of rotatable bonds is 4. The number of amides is 1. The molecule has 1 heterocycles. The molecule has 1 aromatic carbocycles. The van der Waals surface area contributed by atoms with Crippen molar-refractivity contribution in [2.75, 3.05) is 13.7 Å². The van der Waals surface area contributed by atoms with E-state index in [0.29, 0.717) is 16.6 Å². The summed E-state index contributed by atoms with van der Waals surface area (Å²) in [6.45, 7) is -0.0241. The van der Waals surface area contributed by atoms with Crippen molar-refractivity contribution in [1.29, 1.82) is 0 Å². The number of ether oxygens (including phenoxy) is 1. The Hall–Kier alpha value is -2.21. The Labute approximate surface area is 120 Å². The molecule has 1 N–H and O–H groups in total. The topological polar surface area (TPSA) is 81.2 Å². The van der Waals surface area contributed by atoms with E-state index in [4.69, 9.17) is 11.6 Å². The zero-order valence-electron chi connectivity index (χ0n) is 10.7. The predicted octanol–water partition coefficient (Wildman–Crippen LogP) is 1.14. The first-order chi connectivity index (χ1) is 9.63. The van der Waals surface area contributed by atoms with Crippen molar-refractivity contribution < 1.29 is 14.3 Å². The first kappa shape index (κ1) is 14.2. The second-order valence-corrected chi connectivity index (χ2v) is 4.46. The van der Waals surface area contributed by atoms with Crippen molar-refractivity contribution in [3.05, 3.63) is 36.2 Å². The Balaban J connectivity index is 2.14. The van der Waals surface area contributed by atoms with E-state index >= 15 is 0 Å². The minimum atomic E-state index is -0.926. The van der Waals surface area contributed by atoms with Gasteiger partial charge < -0.3 is 10.1 Å². The molecule has 0 spiro atoms. The van der Waals surface area contributed by atoms with Gasteiger partial charge >= 0.3 is 5.97 Å². The van der Waals surface area contributed by atoms with Gasteiger partial charge in [-0.05, 0) is 12.1 Å². The van der Waals surface area contributed by atoms with Crippen LogP contribution in [0.5, 0.6) is 0 Å². The number of aromatic nitrogens is 2. The molecule has 1 unspecified atom stereocenters. The number of alkyl halides is 1. The van der Waals surface area contributed by atoms with Crippen LogP contribution in [0, 0.1) is 0 Å². The fraction of sp³-hybridized carbons (Fsp3) is 0.231. The first-order valence-electron chi connectivity index (χ1n) is 5.83. The Morgan fingerprint density at radius 2 is 2.10 bits per heavy atom. The summed E-state index contributed by atoms with van der Waals surface area (Å²) in [6, 6.07) is 5.11. The molecule has 1 aromatic heterocycles. The number of hydrogen-bond acceptors (Lipinski definition) is 5. The van der Waals surface area contributed by atoms with Crippen LogP contribution in [-0.2, 0) is 9.53 Å². The quantitative estimate of drug-likeness (QED) is 0.675. The Kier molecular flexibility index (Phi) is 4.47. The van der Waals surface area contributed by atoms with Crippen molar-refractivity contribution >= 4 is 34.5 Å². The number of fused-ring (bicyclic) bond motifs is 1. The maximum atomic E-state index is 12.1. The molecule has 0 aliphatic heterocycles. The lowest BCUT2D eigenvalue weighted by atomic mass is 10.1. The van der Waals surface area contributed by atoms with Crippen LogP contribution in [0.25, 0.3) is 11.0 Å². The molecule has 0 saturated carbocycles. The van der Waals surface area contributed by atoms with Gasteiger partial charge in [-0.25, -0.2) is 0 Å². The van der Waals surface area contributed by atoms with Gasteiger partial charge in [0.25, 0.3) is 5.91 Å². The Bertz CT molecular complexity index is 642. The first-order valence-corrected chi connectivity index (χ1v) is 6.27. The number of nitrogens with one attached hydrogen (secondary N) is 1. The molecule has 0 aliphatic rings. The van der Waals surface area contributed by atoms with Gasteiger partial charge in [-0.1, -0.05) is 6.07 Å². The smallest absolute Gasteiger partial charge is 0.325 e. The van der Waals surface area contributed by atoms with E-state index in [1.165, 1.54) is 13.3 Å². The van der Waals surface area contributed by atoms with E-state index < -0.39 is 11.3 Å². The van der Waals surface area contributed by atoms with E-state index in [0.717, 1.165) is 0 Å². The molecule has 20 heavy (non-hydrogen) atoms. The lowest BCUT2D eigenvalue weighted by Gasteiger charge is -2.09. The highest BCUT2D eigenvalue weighted by Gasteiger charge is 2.18. The van der Waals surface area contributed by atoms with Gasteiger partial charge in [0.05, 0.1) is 18.2 Å². The second-order valence-electron chi connectivity index (χ2n) is 3.93. The van der Waals surface area contributed by atoms with E-state index in [2.05, 4.69) is 20.0 Å². The predicted molar refractivity (Wildman–Crippen MR) is 73.5 cm³/mol. The van der Waals surface area contributed by atoms with Crippen LogP contribution < -0.4 is 5.32 Å². The largest absolute Gasteiger partial charge is 0.468 e. The average molecular weight is 294 g/mol. The van der Waals surface area contributed by atoms with Gasteiger partial charge in [-0.15, -0.1) is 11.6 Å². The van der Waals surface area contributed by atoms with Gasteiger partial charge in [0.1, 0.15) is 10.9 Å². The fourth-order valence-electron chi connectivity index (χ4n) is 1.66. The normalized spacial score (nSPS) is 11.9. The van der Waals surface area contributed by atoms with Crippen molar-refractivity contribution in [2.24, 2.45) is 0 Å². The van der Waals surface area contributed by atoms with Crippen LogP contribution in [-0.4, -0.2) is 40.9 Å². The zero-order valence-corrected chi connectivity index (χ0v) is 11.4. The molecule has 1 atom stereocenters. The standard InChI is InChI=1S/C13H12ClN3O3/c1-20-13(19)9(14)7-17-12(18)8-3-2-4-10-11(8)16-6-5-15-10/h2-6,9H,7H2,1H3,(H,17,18). The van der Waals surface area contributed by atoms with E-state index in [1.807, 2.05) is 0 Å². The number of benzene rings is 1. The highest BCUT2D eigenvalue weighted by atomic mass is 35.5. The van der Waals surface area contributed by atoms with Gasteiger partial charge in [-0.2, -0.15) is 0 Å². The van der Waals surface area contributed by atoms with E-state index in [9.17, 15) is 9.59 Å². The molecule has 0 aliphatic carbocycles. The van der Waals surface area contributed by atoms with Gasteiger partial charge in [0.15, 0.2) is 0 Å². The highest BCUT2D eigenvalue weighted by molar-refractivity contribution is 6.30. The molecule has 2 rings (SSSR count). The minimum absolute atomic E-state index is 0.0241. The van der Waals surface area contributed by atoms with Gasteiger partial charge in [0.2, 0.25) is 0 Å². The van der Waals surface area contributed by atoms with E-state index in [1.54, 1.807) is 24.4 Å². The molecular formula is C13H12ClN3O3. The van der Waals surface area contributed by atoms with E-state index in [-0.39, 0.29) is 12.5 Å². The van der Waals surface area contributed by atoms with Crippen LogP contribution in [0.3, 0.4) is 0 Å². The van der Waals surface area contributed by atoms with Gasteiger partial charge in [0, 0.05) is 18.9 Å². The maximum Gasteiger partial charge on any atom is 0.325 e. The maximum absolute atomic E-state index is 12.1. The minimum Gasteiger partial charge on any atom is -0.468 e. The number of halogens is 1. The molecule has 7 heteroatoms. The van der Waals surface area contributed by atoms with Crippen LogP contribution in [0.1, 0.15) is 10.4 Å². The average Bonchev–Trinajstić information content (AvgIpc) is 2.50. The number of esters is 1. The lowest BCUT2D eigenvalue weighted by Crippen LogP contribution is -2.34. The number of methoxy groups -OCH3 is 1. The number of hydrogen-bond donors (Lipinski definition) is 1. The monoisotopic (exact) mass is 293 g/mol. The van der Waals surface area contributed by atoms with Crippen LogP contribution in [0.15, 0.2) is 30.6 Å². The van der Waals surface area contributed by atoms with Crippen molar-refractivity contribution in [3.8, 4) is 0 Å². The summed E-state index contributed by atoms with van der Waals surface area (Å²) in [6.07, 6.45) is 3.06. The van der Waals surface area contributed by atoms with Crippen molar-refractivity contribution in [1.82, 2.24) is 15.3 Å². The summed E-state index contributed by atoms with van der Waals surface area (Å²) in [4.78, 5) is 31.5. The summed E-state index contributed by atoms with van der Waals surface area (Å²) in [5.74, 6) is -0.963. The van der Waals surface area contributed by atoms with Crippen molar-refractivity contribution in [3.63, 3.8) is 0 Å². The number of carbonyl (C=O) groups excluding carboxylic acids is 2. The number of carbonyl (C=O) groups is 2. The zero-order chi connectivity index (χ0) is 14.5. The third-order valence-corrected chi connectivity index (χ3v) is 2.97. The Morgan fingerprint density at radius 3 is 2.85 bits per heavy atom. The summed E-state index contributed by atoms with van der Waals surface area (Å²) in [5, 5.41) is 1.64. The summed E-state index contributed by atoms with van der Waals surface area (Å²) in [7, 11) is 1.24. The van der Waals surface area contributed by atoms with Crippen molar-refractivity contribution in [2.45, 2.75) is 5.38 Å². The molecule has 0 saturated heterocycles. The third kappa shape index (κ3) is 3.03. The number of para-hydroxylation sites is 1. The molecule has 2 aromatic rings. The summed E-state index contributed by atoms with van der Waals surface area (Å²) >= 11 is 5.76.